The zero-order valence-corrected chi connectivity index (χ0v) is 17.6. The molecule has 156 valence electrons. The molecule has 7 heteroatoms. The minimum absolute atomic E-state index is 0.0265. The predicted octanol–water partition coefficient (Wildman–Crippen LogP) is 4.94. The van der Waals surface area contributed by atoms with Crippen molar-refractivity contribution in [3.63, 3.8) is 0 Å². The molecule has 2 atom stereocenters. The highest BCUT2D eigenvalue weighted by molar-refractivity contribution is 7.12. The van der Waals surface area contributed by atoms with Crippen LogP contribution in [0.15, 0.2) is 47.9 Å². The molecule has 3 aromatic rings. The van der Waals surface area contributed by atoms with E-state index in [0.717, 1.165) is 27.5 Å². The van der Waals surface area contributed by atoms with Crippen LogP contribution in [-0.4, -0.2) is 33.1 Å². The maximum Gasteiger partial charge on any atom is 0.309 e. The molecule has 0 radical (unpaired) electrons. The molecule has 1 aliphatic rings. The fourth-order valence-electron chi connectivity index (χ4n) is 3.60. The third-order valence-electron chi connectivity index (χ3n) is 5.00. The lowest BCUT2D eigenvalue weighted by Crippen LogP contribution is -2.31. The molecule has 1 fully saturated rings. The number of nitrogens with zero attached hydrogens (tertiary/aromatic N) is 2. The summed E-state index contributed by atoms with van der Waals surface area (Å²) < 4.78 is 20.8. The van der Waals surface area contributed by atoms with Crippen LogP contribution in [-0.2, 0) is 9.53 Å². The Labute approximate surface area is 178 Å². The van der Waals surface area contributed by atoms with E-state index in [2.05, 4.69) is 13.8 Å². The van der Waals surface area contributed by atoms with Crippen molar-refractivity contribution in [3.05, 3.63) is 64.9 Å². The smallest absolute Gasteiger partial charge is 0.309 e. The molecule has 0 spiro atoms. The van der Waals surface area contributed by atoms with E-state index in [9.17, 15) is 14.3 Å². The summed E-state index contributed by atoms with van der Waals surface area (Å²) in [4.78, 5) is 11.7. The van der Waals surface area contributed by atoms with Gasteiger partial charge in [-0.1, -0.05) is 19.9 Å². The lowest BCUT2D eigenvalue weighted by atomic mass is 9.98. The second kappa shape index (κ2) is 8.53. The average molecular weight is 427 g/mol. The lowest BCUT2D eigenvalue weighted by molar-refractivity contribution is -0.156. The maximum atomic E-state index is 13.6. The number of aliphatic hydroxyl groups is 1. The SMILES string of the molecule is CC(C)c1nn(-c2cccs2)c(-c2ccc(F)cc2)c1C=C[C@H]1C[C@H](O)CC(=O)O1. The van der Waals surface area contributed by atoms with E-state index in [0.29, 0.717) is 6.42 Å². The number of esters is 1. The number of aromatic nitrogens is 2. The van der Waals surface area contributed by atoms with Crippen molar-refractivity contribution in [3.8, 4) is 16.3 Å². The third-order valence-corrected chi connectivity index (χ3v) is 5.84. The fourth-order valence-corrected chi connectivity index (χ4v) is 4.29. The molecule has 4 rings (SSSR count). The summed E-state index contributed by atoms with van der Waals surface area (Å²) in [6.45, 7) is 4.13. The van der Waals surface area contributed by atoms with E-state index in [1.807, 2.05) is 28.3 Å². The van der Waals surface area contributed by atoms with Crippen LogP contribution >= 0.6 is 11.3 Å². The van der Waals surface area contributed by atoms with Crippen LogP contribution in [0.1, 0.15) is 43.9 Å². The summed E-state index contributed by atoms with van der Waals surface area (Å²) in [5.74, 6) is -0.560. The summed E-state index contributed by atoms with van der Waals surface area (Å²) in [6.07, 6.45) is 2.90. The molecule has 3 heterocycles. The highest BCUT2D eigenvalue weighted by Gasteiger charge is 2.26. The standard InChI is InChI=1S/C23H23FN2O3S/c1-14(2)22-19(10-9-18-12-17(27)13-21(28)29-18)23(15-5-7-16(24)8-6-15)26(25-22)20-4-3-11-30-20/h3-11,14,17-18,27H,12-13H2,1-2H3/t17-,18-/m0/s1. The Morgan fingerprint density at radius 3 is 2.70 bits per heavy atom. The van der Waals surface area contributed by atoms with Crippen molar-refractivity contribution < 1.29 is 19.0 Å². The van der Waals surface area contributed by atoms with Crippen molar-refractivity contribution in [1.82, 2.24) is 9.78 Å². The molecule has 0 amide bonds. The molecule has 2 aromatic heterocycles. The predicted molar refractivity (Wildman–Crippen MR) is 115 cm³/mol. The van der Waals surface area contributed by atoms with Crippen LogP contribution in [0.4, 0.5) is 4.39 Å². The minimum atomic E-state index is -0.698. The molecule has 0 aliphatic carbocycles. The van der Waals surface area contributed by atoms with Gasteiger partial charge in [-0.25, -0.2) is 9.07 Å². The Balaban J connectivity index is 1.84. The Kier molecular flexibility index (Phi) is 5.83. The highest BCUT2D eigenvalue weighted by Crippen LogP contribution is 2.35. The summed E-state index contributed by atoms with van der Waals surface area (Å²) in [5, 5.41) is 17.7. The van der Waals surface area contributed by atoms with Crippen LogP contribution < -0.4 is 0 Å². The quantitative estimate of drug-likeness (QED) is 0.587. The average Bonchev–Trinajstić information content (AvgIpc) is 3.34. The second-order valence-electron chi connectivity index (χ2n) is 7.65. The van der Waals surface area contributed by atoms with Gasteiger partial charge in [0.05, 0.1) is 23.9 Å². The van der Waals surface area contributed by atoms with Crippen LogP contribution in [0.5, 0.6) is 0 Å². The van der Waals surface area contributed by atoms with Crippen LogP contribution in [0.2, 0.25) is 0 Å². The topological polar surface area (TPSA) is 64.3 Å². The zero-order chi connectivity index (χ0) is 21.3. The van der Waals surface area contributed by atoms with E-state index < -0.39 is 18.2 Å². The van der Waals surface area contributed by atoms with Gasteiger partial charge in [-0.15, -0.1) is 11.3 Å². The lowest BCUT2D eigenvalue weighted by Gasteiger charge is -2.23. The number of rotatable bonds is 5. The van der Waals surface area contributed by atoms with Gasteiger partial charge in [0.1, 0.15) is 16.9 Å². The van der Waals surface area contributed by atoms with Crippen molar-refractivity contribution in [2.45, 2.75) is 44.8 Å². The number of benzene rings is 1. The Bertz CT molecular complexity index is 1060. The van der Waals surface area contributed by atoms with Crippen molar-refractivity contribution in [2.24, 2.45) is 0 Å². The van der Waals surface area contributed by atoms with E-state index in [4.69, 9.17) is 9.84 Å². The van der Waals surface area contributed by atoms with Gasteiger partial charge in [0, 0.05) is 17.5 Å². The maximum absolute atomic E-state index is 13.6. The minimum Gasteiger partial charge on any atom is -0.458 e. The molecule has 0 bridgehead atoms. The monoisotopic (exact) mass is 426 g/mol. The highest BCUT2D eigenvalue weighted by atomic mass is 32.1. The number of ether oxygens (including phenoxy) is 1. The van der Waals surface area contributed by atoms with Crippen molar-refractivity contribution in [1.29, 1.82) is 0 Å². The van der Waals surface area contributed by atoms with Gasteiger partial charge in [-0.05, 0) is 53.8 Å². The van der Waals surface area contributed by atoms with E-state index in [-0.39, 0.29) is 18.2 Å². The van der Waals surface area contributed by atoms with Gasteiger partial charge in [-0.2, -0.15) is 5.10 Å². The summed E-state index contributed by atoms with van der Waals surface area (Å²) in [5.41, 5.74) is 3.47. The van der Waals surface area contributed by atoms with Crippen molar-refractivity contribution in [2.75, 3.05) is 0 Å². The molecule has 1 saturated heterocycles. The Hall–Kier alpha value is -2.77. The summed E-state index contributed by atoms with van der Waals surface area (Å²) >= 11 is 1.57. The molecule has 1 aromatic carbocycles. The second-order valence-corrected chi connectivity index (χ2v) is 8.58. The van der Waals surface area contributed by atoms with Crippen LogP contribution in [0.3, 0.4) is 0 Å². The van der Waals surface area contributed by atoms with E-state index in [1.165, 1.54) is 12.1 Å². The normalized spacial score (nSPS) is 19.6. The molecule has 1 N–H and O–H groups in total. The van der Waals surface area contributed by atoms with E-state index >= 15 is 0 Å². The molecule has 0 unspecified atom stereocenters. The fraction of sp³-hybridized carbons (Fsp3) is 0.304. The molecular formula is C23H23FN2O3S. The first-order valence-electron chi connectivity index (χ1n) is 9.91. The molecule has 0 saturated carbocycles. The summed E-state index contributed by atoms with van der Waals surface area (Å²) in [6, 6.07) is 10.3. The number of hydrogen-bond acceptors (Lipinski definition) is 5. The van der Waals surface area contributed by atoms with Gasteiger partial charge >= 0.3 is 5.97 Å². The third kappa shape index (κ3) is 4.22. The first kappa shape index (κ1) is 20.5. The number of carbonyl (C=O) groups excluding carboxylic acids is 1. The molecular weight excluding hydrogens is 403 g/mol. The largest absolute Gasteiger partial charge is 0.458 e. The Morgan fingerprint density at radius 1 is 1.30 bits per heavy atom. The number of cyclic esters (lactones) is 1. The van der Waals surface area contributed by atoms with Gasteiger partial charge in [0.2, 0.25) is 0 Å². The van der Waals surface area contributed by atoms with Crippen molar-refractivity contribution >= 4 is 23.4 Å². The number of thiophene rings is 1. The number of halogens is 1. The number of aliphatic hydroxyl groups excluding tert-OH is 1. The van der Waals surface area contributed by atoms with Gasteiger partial charge < -0.3 is 9.84 Å². The number of hydrogen-bond donors (Lipinski definition) is 1. The first-order chi connectivity index (χ1) is 14.4. The zero-order valence-electron chi connectivity index (χ0n) is 16.8. The van der Waals surface area contributed by atoms with E-state index in [1.54, 1.807) is 29.5 Å². The molecule has 30 heavy (non-hydrogen) atoms. The van der Waals surface area contributed by atoms with Gasteiger partial charge in [-0.3, -0.25) is 4.79 Å². The van der Waals surface area contributed by atoms with Gasteiger partial charge in [0.25, 0.3) is 0 Å². The molecule has 5 nitrogen and oxygen atoms in total. The van der Waals surface area contributed by atoms with Crippen LogP contribution in [0, 0.1) is 5.82 Å². The Morgan fingerprint density at radius 2 is 2.07 bits per heavy atom. The first-order valence-corrected chi connectivity index (χ1v) is 10.8. The van der Waals surface area contributed by atoms with Crippen LogP contribution in [0.25, 0.3) is 22.3 Å². The van der Waals surface area contributed by atoms with Gasteiger partial charge in [0.15, 0.2) is 0 Å². The molecule has 1 aliphatic heterocycles. The summed E-state index contributed by atoms with van der Waals surface area (Å²) in [7, 11) is 0. The number of carbonyl (C=O) groups is 1.